The van der Waals surface area contributed by atoms with E-state index in [1.165, 1.54) is 6.33 Å². The second kappa shape index (κ2) is 3.75. The number of ether oxygens (including phenoxy) is 1. The van der Waals surface area contributed by atoms with Gasteiger partial charge in [0.1, 0.15) is 5.02 Å². The highest BCUT2D eigenvalue weighted by atomic mass is 35.5. The molecule has 0 spiro atoms. The van der Waals surface area contributed by atoms with Crippen LogP contribution in [0.15, 0.2) is 11.1 Å². The molecule has 3 rings (SSSR count). The number of nitrogens with zero attached hydrogens (tertiary/aromatic N) is 1. The van der Waals surface area contributed by atoms with Crippen molar-refractivity contribution in [2.45, 2.75) is 37.5 Å². The molecular formula is C10H12ClN3O2. The van der Waals surface area contributed by atoms with Gasteiger partial charge in [0.25, 0.3) is 5.56 Å². The lowest BCUT2D eigenvalue weighted by molar-refractivity contribution is 0.102. The summed E-state index contributed by atoms with van der Waals surface area (Å²) in [5, 5.41) is 3.31. The number of anilines is 1. The number of aromatic amines is 1. The SMILES string of the molecule is O=c1[nH]cnc(NC2CC3CCC2O3)c1Cl. The van der Waals surface area contributed by atoms with Crippen LogP contribution in [-0.2, 0) is 4.74 Å². The summed E-state index contributed by atoms with van der Waals surface area (Å²) in [5.74, 6) is 0.451. The second-order valence-electron chi connectivity index (χ2n) is 4.25. The number of rotatable bonds is 2. The Bertz CT molecular complexity index is 462. The lowest BCUT2D eigenvalue weighted by Crippen LogP contribution is -2.31. The Morgan fingerprint density at radius 2 is 2.44 bits per heavy atom. The van der Waals surface area contributed by atoms with E-state index in [1.54, 1.807) is 0 Å². The van der Waals surface area contributed by atoms with Crippen LogP contribution in [0.3, 0.4) is 0 Å². The van der Waals surface area contributed by atoms with Crippen molar-refractivity contribution in [3.05, 3.63) is 21.7 Å². The van der Waals surface area contributed by atoms with E-state index < -0.39 is 0 Å². The van der Waals surface area contributed by atoms with Gasteiger partial charge in [0, 0.05) is 0 Å². The van der Waals surface area contributed by atoms with Crippen molar-refractivity contribution in [3.63, 3.8) is 0 Å². The Kier molecular flexibility index (Phi) is 2.37. The Morgan fingerprint density at radius 3 is 3.12 bits per heavy atom. The zero-order chi connectivity index (χ0) is 11.1. The molecule has 2 aliphatic rings. The topological polar surface area (TPSA) is 67.0 Å². The van der Waals surface area contributed by atoms with Crippen LogP contribution in [-0.4, -0.2) is 28.2 Å². The van der Waals surface area contributed by atoms with Crippen LogP contribution in [0.4, 0.5) is 5.82 Å². The zero-order valence-electron chi connectivity index (χ0n) is 8.57. The molecule has 3 heterocycles. The summed E-state index contributed by atoms with van der Waals surface area (Å²) >= 11 is 5.86. The lowest BCUT2D eigenvalue weighted by Gasteiger charge is -2.20. The number of hydrogen-bond acceptors (Lipinski definition) is 4. The molecule has 2 fully saturated rings. The number of halogens is 1. The number of hydrogen-bond donors (Lipinski definition) is 2. The van der Waals surface area contributed by atoms with Crippen LogP contribution in [0.5, 0.6) is 0 Å². The predicted octanol–water partition coefficient (Wildman–Crippen LogP) is 1.16. The summed E-state index contributed by atoms with van der Waals surface area (Å²) in [5.41, 5.74) is -0.316. The molecule has 5 nitrogen and oxygen atoms in total. The van der Waals surface area contributed by atoms with Crippen LogP contribution in [0.2, 0.25) is 5.02 Å². The van der Waals surface area contributed by atoms with Crippen molar-refractivity contribution in [2.75, 3.05) is 5.32 Å². The van der Waals surface area contributed by atoms with Gasteiger partial charge in [-0.05, 0) is 19.3 Å². The van der Waals surface area contributed by atoms with Gasteiger partial charge in [0.05, 0.1) is 24.6 Å². The van der Waals surface area contributed by atoms with Gasteiger partial charge in [-0.1, -0.05) is 11.6 Å². The van der Waals surface area contributed by atoms with E-state index in [4.69, 9.17) is 16.3 Å². The van der Waals surface area contributed by atoms with E-state index in [2.05, 4.69) is 15.3 Å². The molecule has 0 radical (unpaired) electrons. The van der Waals surface area contributed by atoms with Gasteiger partial charge in [-0.3, -0.25) is 4.79 Å². The molecule has 2 aliphatic heterocycles. The third-order valence-corrected chi connectivity index (χ3v) is 3.58. The molecule has 0 aromatic carbocycles. The average molecular weight is 242 g/mol. The quantitative estimate of drug-likeness (QED) is 0.815. The first kappa shape index (κ1) is 10.1. The van der Waals surface area contributed by atoms with E-state index in [-0.39, 0.29) is 22.7 Å². The first-order valence-electron chi connectivity index (χ1n) is 5.39. The van der Waals surface area contributed by atoms with E-state index in [0.29, 0.717) is 11.9 Å². The summed E-state index contributed by atoms with van der Waals surface area (Å²) in [6.07, 6.45) is 5.13. The molecule has 3 atom stereocenters. The van der Waals surface area contributed by atoms with Gasteiger partial charge in [-0.15, -0.1) is 0 Å². The van der Waals surface area contributed by atoms with Crippen LogP contribution in [0, 0.1) is 0 Å². The van der Waals surface area contributed by atoms with Gasteiger partial charge in [0.2, 0.25) is 0 Å². The van der Waals surface area contributed by atoms with Crippen molar-refractivity contribution < 1.29 is 4.74 Å². The van der Waals surface area contributed by atoms with Crippen LogP contribution in [0.1, 0.15) is 19.3 Å². The van der Waals surface area contributed by atoms with Crippen molar-refractivity contribution >= 4 is 17.4 Å². The number of H-pyrrole nitrogens is 1. The molecule has 16 heavy (non-hydrogen) atoms. The third-order valence-electron chi connectivity index (χ3n) is 3.22. The predicted molar refractivity (Wildman–Crippen MR) is 59.8 cm³/mol. The summed E-state index contributed by atoms with van der Waals surface area (Å²) < 4.78 is 5.71. The zero-order valence-corrected chi connectivity index (χ0v) is 9.33. The Hall–Kier alpha value is -1.07. The molecule has 0 aliphatic carbocycles. The maximum atomic E-state index is 11.3. The molecule has 2 saturated heterocycles. The monoisotopic (exact) mass is 241 g/mol. The minimum Gasteiger partial charge on any atom is -0.373 e. The fraction of sp³-hybridized carbons (Fsp3) is 0.600. The summed E-state index contributed by atoms with van der Waals surface area (Å²) in [4.78, 5) is 17.7. The largest absolute Gasteiger partial charge is 0.373 e. The molecule has 0 amide bonds. The summed E-state index contributed by atoms with van der Waals surface area (Å²) in [6.45, 7) is 0. The second-order valence-corrected chi connectivity index (χ2v) is 4.63. The smallest absolute Gasteiger partial charge is 0.271 e. The fourth-order valence-corrected chi connectivity index (χ4v) is 2.61. The van der Waals surface area contributed by atoms with Gasteiger partial charge in [-0.25, -0.2) is 4.98 Å². The number of nitrogens with one attached hydrogen (secondary N) is 2. The van der Waals surface area contributed by atoms with Gasteiger partial charge in [-0.2, -0.15) is 0 Å². The molecule has 3 unspecified atom stereocenters. The van der Waals surface area contributed by atoms with Crippen molar-refractivity contribution in [3.8, 4) is 0 Å². The van der Waals surface area contributed by atoms with Gasteiger partial charge >= 0.3 is 0 Å². The highest BCUT2D eigenvalue weighted by Gasteiger charge is 2.41. The Labute approximate surface area is 97.2 Å². The van der Waals surface area contributed by atoms with Crippen LogP contribution >= 0.6 is 11.6 Å². The van der Waals surface area contributed by atoms with Crippen molar-refractivity contribution in [1.82, 2.24) is 9.97 Å². The van der Waals surface area contributed by atoms with Gasteiger partial charge in [0.15, 0.2) is 5.82 Å². The summed E-state index contributed by atoms with van der Waals surface area (Å²) in [6, 6.07) is 0.227. The molecule has 1 aromatic rings. The minimum absolute atomic E-state index is 0.116. The molecule has 2 N–H and O–H groups in total. The minimum atomic E-state index is -0.316. The summed E-state index contributed by atoms with van der Waals surface area (Å²) in [7, 11) is 0. The van der Waals surface area contributed by atoms with E-state index in [0.717, 1.165) is 19.3 Å². The Morgan fingerprint density at radius 1 is 1.56 bits per heavy atom. The average Bonchev–Trinajstić information content (AvgIpc) is 2.86. The Balaban J connectivity index is 1.80. The maximum Gasteiger partial charge on any atom is 0.271 e. The fourth-order valence-electron chi connectivity index (χ4n) is 2.45. The molecule has 2 bridgehead atoms. The highest BCUT2D eigenvalue weighted by molar-refractivity contribution is 6.32. The molecule has 86 valence electrons. The van der Waals surface area contributed by atoms with Crippen molar-refractivity contribution in [2.24, 2.45) is 0 Å². The van der Waals surface area contributed by atoms with Crippen LogP contribution < -0.4 is 10.9 Å². The maximum absolute atomic E-state index is 11.3. The molecular weight excluding hydrogens is 230 g/mol. The number of aromatic nitrogens is 2. The van der Waals surface area contributed by atoms with Crippen LogP contribution in [0.25, 0.3) is 0 Å². The van der Waals surface area contributed by atoms with Gasteiger partial charge < -0.3 is 15.0 Å². The lowest BCUT2D eigenvalue weighted by atomic mass is 9.95. The molecule has 1 aromatic heterocycles. The van der Waals surface area contributed by atoms with Crippen molar-refractivity contribution in [1.29, 1.82) is 0 Å². The number of fused-ring (bicyclic) bond motifs is 2. The standard InChI is InChI=1S/C10H12ClN3O2/c11-8-9(12-4-13-10(8)15)14-6-3-5-1-2-7(6)16-5/h4-7H,1-3H2,(H2,12,13,14,15). The highest BCUT2D eigenvalue weighted by Crippen LogP contribution is 2.36. The third kappa shape index (κ3) is 1.60. The first-order chi connectivity index (χ1) is 7.74. The first-order valence-corrected chi connectivity index (χ1v) is 5.77. The molecule has 6 heteroatoms. The van der Waals surface area contributed by atoms with E-state index in [9.17, 15) is 4.79 Å². The normalized spacial score (nSPS) is 31.9. The molecule has 0 saturated carbocycles. The van der Waals surface area contributed by atoms with E-state index >= 15 is 0 Å². The van der Waals surface area contributed by atoms with E-state index in [1.807, 2.05) is 0 Å².